The summed E-state index contributed by atoms with van der Waals surface area (Å²) in [6.07, 6.45) is 0. The van der Waals surface area contributed by atoms with Gasteiger partial charge in [-0.15, -0.1) is 0 Å². The van der Waals surface area contributed by atoms with E-state index in [1.165, 1.54) is 5.56 Å². The van der Waals surface area contributed by atoms with Gasteiger partial charge in [0.2, 0.25) is 0 Å². The van der Waals surface area contributed by atoms with Crippen LogP contribution in [0.2, 0.25) is 5.02 Å². The maximum absolute atomic E-state index is 6.19. The summed E-state index contributed by atoms with van der Waals surface area (Å²) in [6, 6.07) is 6.48. The van der Waals surface area contributed by atoms with Gasteiger partial charge >= 0.3 is 0 Å². The van der Waals surface area contributed by atoms with Crippen LogP contribution in [0.25, 0.3) is 0 Å². The summed E-state index contributed by atoms with van der Waals surface area (Å²) >= 11 is 6.19. The van der Waals surface area contributed by atoms with Crippen molar-refractivity contribution in [1.29, 1.82) is 0 Å². The van der Waals surface area contributed by atoms with E-state index in [1.807, 2.05) is 12.1 Å². The Morgan fingerprint density at radius 2 is 2.12 bits per heavy atom. The van der Waals surface area contributed by atoms with Crippen LogP contribution in [0.4, 0.5) is 0 Å². The van der Waals surface area contributed by atoms with Crippen molar-refractivity contribution in [1.82, 2.24) is 10.2 Å². The number of hydrogen-bond acceptors (Lipinski definition) is 3. The quantitative estimate of drug-likeness (QED) is 0.891. The van der Waals surface area contributed by atoms with Crippen LogP contribution in [-0.4, -0.2) is 39.2 Å². The van der Waals surface area contributed by atoms with Crippen LogP contribution < -0.4 is 10.1 Å². The number of hydrogen-bond donors (Lipinski definition) is 1. The molecule has 0 spiro atoms. The summed E-state index contributed by atoms with van der Waals surface area (Å²) in [4.78, 5) is 2.25. The average Bonchev–Trinajstić information content (AvgIpc) is 2.22. The molecule has 1 saturated heterocycles. The topological polar surface area (TPSA) is 24.5 Å². The van der Waals surface area contributed by atoms with Crippen LogP contribution >= 0.6 is 11.6 Å². The first-order valence-electron chi connectivity index (χ1n) is 5.84. The van der Waals surface area contributed by atoms with Gasteiger partial charge in [-0.05, 0) is 31.8 Å². The molecule has 1 N–H and O–H groups in total. The Balaban J connectivity index is 2.26. The van der Waals surface area contributed by atoms with Gasteiger partial charge in [-0.1, -0.05) is 17.7 Å². The predicted molar refractivity (Wildman–Crippen MR) is 70.8 cm³/mol. The molecule has 0 bridgehead atoms. The van der Waals surface area contributed by atoms with Crippen LogP contribution in [0, 0.1) is 5.92 Å². The second kappa shape index (κ2) is 5.25. The molecule has 1 aliphatic rings. The summed E-state index contributed by atoms with van der Waals surface area (Å²) in [6.45, 7) is 2.15. The molecule has 17 heavy (non-hydrogen) atoms. The molecular weight excluding hydrogens is 236 g/mol. The summed E-state index contributed by atoms with van der Waals surface area (Å²) in [5.41, 5.74) is 1.26. The molecule has 1 aliphatic heterocycles. The van der Waals surface area contributed by atoms with Gasteiger partial charge in [-0.25, -0.2) is 0 Å². The molecule has 0 aliphatic carbocycles. The van der Waals surface area contributed by atoms with Crippen LogP contribution in [-0.2, 0) is 0 Å². The number of benzene rings is 1. The Bertz CT molecular complexity index is 391. The van der Waals surface area contributed by atoms with E-state index in [0.29, 0.717) is 17.0 Å². The van der Waals surface area contributed by atoms with Crippen molar-refractivity contribution >= 4 is 11.6 Å². The van der Waals surface area contributed by atoms with Gasteiger partial charge in [0.1, 0.15) is 5.75 Å². The molecule has 0 amide bonds. The molecule has 0 radical (unpaired) electrons. The van der Waals surface area contributed by atoms with E-state index in [2.05, 4.69) is 30.4 Å². The zero-order chi connectivity index (χ0) is 12.4. The van der Waals surface area contributed by atoms with Crippen LogP contribution in [0.1, 0.15) is 11.6 Å². The van der Waals surface area contributed by atoms with E-state index >= 15 is 0 Å². The van der Waals surface area contributed by atoms with Crippen molar-refractivity contribution in [2.24, 2.45) is 5.92 Å². The highest BCUT2D eigenvalue weighted by molar-refractivity contribution is 6.32. The highest BCUT2D eigenvalue weighted by atomic mass is 35.5. The molecule has 1 unspecified atom stereocenters. The molecule has 1 atom stereocenters. The fraction of sp³-hybridized carbons (Fsp3) is 0.538. The maximum Gasteiger partial charge on any atom is 0.137 e. The van der Waals surface area contributed by atoms with Gasteiger partial charge < -0.3 is 15.0 Å². The van der Waals surface area contributed by atoms with E-state index in [0.717, 1.165) is 18.8 Å². The zero-order valence-electron chi connectivity index (χ0n) is 10.5. The van der Waals surface area contributed by atoms with Gasteiger partial charge in [0.15, 0.2) is 0 Å². The van der Waals surface area contributed by atoms with Gasteiger partial charge in [-0.3, -0.25) is 0 Å². The minimum Gasteiger partial charge on any atom is -0.495 e. The molecule has 2 rings (SSSR count). The summed E-state index contributed by atoms with van der Waals surface area (Å²) in [7, 11) is 5.86. The third kappa shape index (κ3) is 2.57. The lowest BCUT2D eigenvalue weighted by Crippen LogP contribution is -2.48. The van der Waals surface area contributed by atoms with Crippen LogP contribution in [0.5, 0.6) is 5.75 Å². The number of halogens is 1. The fourth-order valence-corrected chi connectivity index (χ4v) is 2.66. The number of nitrogens with one attached hydrogen (secondary N) is 1. The first-order valence-corrected chi connectivity index (χ1v) is 6.22. The number of methoxy groups -OCH3 is 1. The Morgan fingerprint density at radius 1 is 1.41 bits per heavy atom. The molecule has 3 nitrogen and oxygen atoms in total. The van der Waals surface area contributed by atoms with E-state index in [-0.39, 0.29) is 0 Å². The first-order chi connectivity index (χ1) is 8.13. The van der Waals surface area contributed by atoms with Crippen molar-refractivity contribution in [3.63, 3.8) is 0 Å². The highest BCUT2D eigenvalue weighted by Gasteiger charge is 2.30. The van der Waals surface area contributed by atoms with Crippen molar-refractivity contribution in [2.75, 3.05) is 34.3 Å². The predicted octanol–water partition coefficient (Wildman–Crippen LogP) is 2.17. The third-order valence-corrected chi connectivity index (χ3v) is 3.63. The third-order valence-electron chi connectivity index (χ3n) is 3.33. The molecule has 1 aromatic rings. The van der Waals surface area contributed by atoms with Gasteiger partial charge in [-0.2, -0.15) is 0 Å². The molecule has 0 saturated carbocycles. The van der Waals surface area contributed by atoms with Crippen molar-refractivity contribution in [3.8, 4) is 5.75 Å². The number of nitrogens with zero attached hydrogens (tertiary/aromatic N) is 1. The maximum atomic E-state index is 6.19. The molecule has 1 fully saturated rings. The van der Waals surface area contributed by atoms with Crippen molar-refractivity contribution in [2.45, 2.75) is 6.04 Å². The molecule has 4 heteroatoms. The van der Waals surface area contributed by atoms with Crippen LogP contribution in [0.15, 0.2) is 18.2 Å². The van der Waals surface area contributed by atoms with E-state index in [9.17, 15) is 0 Å². The van der Waals surface area contributed by atoms with Crippen molar-refractivity contribution < 1.29 is 4.74 Å². The Morgan fingerprint density at radius 3 is 2.53 bits per heavy atom. The smallest absolute Gasteiger partial charge is 0.137 e. The lowest BCUT2D eigenvalue weighted by Gasteiger charge is -2.39. The molecule has 1 aromatic carbocycles. The Kier molecular flexibility index (Phi) is 3.92. The van der Waals surface area contributed by atoms with Crippen molar-refractivity contribution in [3.05, 3.63) is 28.8 Å². The molecule has 0 aromatic heterocycles. The van der Waals surface area contributed by atoms with Gasteiger partial charge in [0, 0.05) is 25.0 Å². The van der Waals surface area contributed by atoms with Crippen LogP contribution in [0.3, 0.4) is 0 Å². The first kappa shape index (κ1) is 12.7. The highest BCUT2D eigenvalue weighted by Crippen LogP contribution is 2.34. The fourth-order valence-electron chi connectivity index (χ4n) is 2.39. The van der Waals surface area contributed by atoms with E-state index < -0.39 is 0 Å². The van der Waals surface area contributed by atoms with E-state index in [4.69, 9.17) is 16.3 Å². The van der Waals surface area contributed by atoms with Gasteiger partial charge in [0.05, 0.1) is 12.1 Å². The molecule has 1 heterocycles. The lowest BCUT2D eigenvalue weighted by molar-refractivity contribution is 0.161. The number of rotatable bonds is 4. The second-order valence-electron chi connectivity index (χ2n) is 4.72. The Hall–Kier alpha value is -0.770. The normalized spacial score (nSPS) is 17.9. The summed E-state index contributed by atoms with van der Waals surface area (Å²) < 4.78 is 5.18. The SMILES string of the molecule is COc1ccc(C(C2CNC2)N(C)C)cc1Cl. The zero-order valence-corrected chi connectivity index (χ0v) is 11.3. The standard InChI is InChI=1S/C13H19ClN2O/c1-16(2)13(10-7-15-8-10)9-4-5-12(17-3)11(14)6-9/h4-6,10,13,15H,7-8H2,1-3H3. The lowest BCUT2D eigenvalue weighted by atomic mass is 9.88. The Labute approximate surface area is 108 Å². The average molecular weight is 255 g/mol. The molecule has 94 valence electrons. The largest absolute Gasteiger partial charge is 0.495 e. The molecular formula is C13H19ClN2O. The van der Waals surface area contributed by atoms with Gasteiger partial charge in [0.25, 0.3) is 0 Å². The monoisotopic (exact) mass is 254 g/mol. The summed E-state index contributed by atoms with van der Waals surface area (Å²) in [5.74, 6) is 1.40. The van der Waals surface area contributed by atoms with E-state index in [1.54, 1.807) is 7.11 Å². The number of ether oxygens (including phenoxy) is 1. The second-order valence-corrected chi connectivity index (χ2v) is 5.13. The summed E-state index contributed by atoms with van der Waals surface area (Å²) in [5, 5.41) is 4.00. The minimum atomic E-state index is 0.416. The minimum absolute atomic E-state index is 0.416.